The quantitative estimate of drug-likeness (QED) is 0.877. The highest BCUT2D eigenvalue weighted by atomic mass is 16.5. The first kappa shape index (κ1) is 14.7. The van der Waals surface area contributed by atoms with Gasteiger partial charge in [-0.15, -0.1) is 0 Å². The van der Waals surface area contributed by atoms with E-state index in [0.717, 1.165) is 22.4 Å². The number of benzene rings is 2. The van der Waals surface area contributed by atoms with Gasteiger partial charge in [0.15, 0.2) is 0 Å². The predicted octanol–water partition coefficient (Wildman–Crippen LogP) is 2.76. The second-order valence-corrected chi connectivity index (χ2v) is 4.58. The van der Waals surface area contributed by atoms with E-state index in [1.54, 1.807) is 12.1 Å². The van der Waals surface area contributed by atoms with Crippen LogP contribution in [0.15, 0.2) is 42.5 Å². The lowest BCUT2D eigenvalue weighted by atomic mass is 10.1. The van der Waals surface area contributed by atoms with Crippen LogP contribution in [0.2, 0.25) is 0 Å². The largest absolute Gasteiger partial charge is 0.489 e. The van der Waals surface area contributed by atoms with Gasteiger partial charge in [0.2, 0.25) is 0 Å². The van der Waals surface area contributed by atoms with E-state index in [1.165, 1.54) is 0 Å². The summed E-state index contributed by atoms with van der Waals surface area (Å²) >= 11 is 0. The van der Waals surface area contributed by atoms with Crippen molar-refractivity contribution in [3.8, 4) is 23.7 Å². The van der Waals surface area contributed by atoms with E-state index in [-0.39, 0.29) is 0 Å². The molecular formula is C18H16N2O. The first-order chi connectivity index (χ1) is 10.2. The molecule has 0 fully saturated rings. The van der Waals surface area contributed by atoms with Crippen LogP contribution in [-0.2, 0) is 6.61 Å². The molecule has 0 aliphatic rings. The molecule has 2 aromatic rings. The fraction of sp³-hybridized carbons (Fsp3) is 0.167. The lowest BCUT2D eigenvalue weighted by Crippen LogP contribution is -1.97. The number of rotatable bonds is 3. The first-order valence-corrected chi connectivity index (χ1v) is 6.64. The molecular weight excluding hydrogens is 260 g/mol. The topological polar surface area (TPSA) is 59.0 Å². The fourth-order valence-corrected chi connectivity index (χ4v) is 1.85. The Balaban J connectivity index is 2.03. The van der Waals surface area contributed by atoms with Crippen LogP contribution in [0, 0.1) is 30.1 Å². The van der Waals surface area contributed by atoms with Crippen LogP contribution >= 0.6 is 0 Å². The minimum absolute atomic E-state index is 0.358. The van der Waals surface area contributed by atoms with Crippen molar-refractivity contribution in [3.05, 3.63) is 64.7 Å². The number of nitriles is 1. The number of nitrogens with zero attached hydrogens (tertiary/aromatic N) is 1. The number of hydrogen-bond acceptors (Lipinski definition) is 3. The van der Waals surface area contributed by atoms with Crippen LogP contribution in [0.4, 0.5) is 0 Å². The third-order valence-corrected chi connectivity index (χ3v) is 3.01. The minimum Gasteiger partial charge on any atom is -0.489 e. The highest BCUT2D eigenvalue weighted by Gasteiger charge is 2.00. The van der Waals surface area contributed by atoms with Crippen LogP contribution in [0.1, 0.15) is 22.3 Å². The summed E-state index contributed by atoms with van der Waals surface area (Å²) in [6, 6.07) is 15.3. The third kappa shape index (κ3) is 4.11. The smallest absolute Gasteiger partial charge is 0.120 e. The highest BCUT2D eigenvalue weighted by Crippen LogP contribution is 2.18. The molecule has 0 unspecified atom stereocenters. The van der Waals surface area contributed by atoms with E-state index >= 15 is 0 Å². The van der Waals surface area contributed by atoms with Crippen LogP contribution in [0.3, 0.4) is 0 Å². The SMILES string of the molecule is Cc1cc(OCc2ccc(C#N)cc2)ccc1C#CCN. The van der Waals surface area contributed by atoms with Crippen LogP contribution in [0.25, 0.3) is 0 Å². The normalized spacial score (nSPS) is 9.38. The van der Waals surface area contributed by atoms with Gasteiger partial charge in [0.25, 0.3) is 0 Å². The van der Waals surface area contributed by atoms with Crippen molar-refractivity contribution >= 4 is 0 Å². The second-order valence-electron chi connectivity index (χ2n) is 4.58. The molecule has 3 heteroatoms. The van der Waals surface area contributed by atoms with Crippen molar-refractivity contribution in [2.75, 3.05) is 6.54 Å². The zero-order valence-corrected chi connectivity index (χ0v) is 11.9. The summed E-state index contributed by atoms with van der Waals surface area (Å²) in [6.07, 6.45) is 0. The van der Waals surface area contributed by atoms with E-state index in [1.807, 2.05) is 37.3 Å². The van der Waals surface area contributed by atoms with Crippen LogP contribution in [-0.4, -0.2) is 6.54 Å². The molecule has 3 nitrogen and oxygen atoms in total. The van der Waals surface area contributed by atoms with Crippen molar-refractivity contribution in [3.63, 3.8) is 0 Å². The van der Waals surface area contributed by atoms with Gasteiger partial charge in [-0.1, -0.05) is 24.0 Å². The molecule has 0 saturated heterocycles. The van der Waals surface area contributed by atoms with E-state index in [0.29, 0.717) is 18.7 Å². The summed E-state index contributed by atoms with van der Waals surface area (Å²) in [7, 11) is 0. The standard InChI is InChI=1S/C18H16N2O/c1-14-11-18(9-8-17(14)3-2-10-19)21-13-16-6-4-15(12-20)5-7-16/h4-9,11H,10,13,19H2,1H3. The maximum atomic E-state index is 8.75. The van der Waals surface area contributed by atoms with Gasteiger partial charge in [0.1, 0.15) is 12.4 Å². The average Bonchev–Trinajstić information content (AvgIpc) is 2.52. The minimum atomic E-state index is 0.358. The van der Waals surface area contributed by atoms with E-state index < -0.39 is 0 Å². The summed E-state index contributed by atoms with van der Waals surface area (Å²) in [4.78, 5) is 0. The molecule has 0 saturated carbocycles. The molecule has 21 heavy (non-hydrogen) atoms. The Kier molecular flexibility index (Phi) is 4.99. The molecule has 2 aromatic carbocycles. The molecule has 0 atom stereocenters. The zero-order chi connectivity index (χ0) is 15.1. The Morgan fingerprint density at radius 3 is 2.52 bits per heavy atom. The molecule has 0 aliphatic heterocycles. The molecule has 0 aromatic heterocycles. The lowest BCUT2D eigenvalue weighted by Gasteiger charge is -2.08. The lowest BCUT2D eigenvalue weighted by molar-refractivity contribution is 0.306. The number of nitrogens with two attached hydrogens (primary N) is 1. The highest BCUT2D eigenvalue weighted by molar-refractivity contribution is 5.45. The number of hydrogen-bond donors (Lipinski definition) is 1. The molecule has 104 valence electrons. The van der Waals surface area contributed by atoms with Gasteiger partial charge in [-0.05, 0) is 48.4 Å². The van der Waals surface area contributed by atoms with Crippen LogP contribution < -0.4 is 10.5 Å². The van der Waals surface area contributed by atoms with E-state index in [4.69, 9.17) is 15.7 Å². The van der Waals surface area contributed by atoms with Crippen molar-refractivity contribution in [2.24, 2.45) is 5.73 Å². The molecule has 0 aliphatic carbocycles. The van der Waals surface area contributed by atoms with Crippen molar-refractivity contribution in [2.45, 2.75) is 13.5 Å². The Hall–Kier alpha value is -2.75. The number of ether oxygens (including phenoxy) is 1. The molecule has 2 rings (SSSR count). The molecule has 0 radical (unpaired) electrons. The summed E-state index contributed by atoms with van der Waals surface area (Å²) < 4.78 is 5.75. The molecule has 0 spiro atoms. The second kappa shape index (κ2) is 7.14. The van der Waals surface area contributed by atoms with Gasteiger partial charge in [-0.3, -0.25) is 0 Å². The molecule has 0 bridgehead atoms. The van der Waals surface area contributed by atoms with Crippen molar-refractivity contribution < 1.29 is 4.74 Å². The maximum Gasteiger partial charge on any atom is 0.120 e. The first-order valence-electron chi connectivity index (χ1n) is 6.64. The van der Waals surface area contributed by atoms with Gasteiger partial charge in [0.05, 0.1) is 18.2 Å². The Morgan fingerprint density at radius 2 is 1.90 bits per heavy atom. The molecule has 0 amide bonds. The van der Waals surface area contributed by atoms with Crippen LogP contribution in [0.5, 0.6) is 5.75 Å². The molecule has 0 heterocycles. The van der Waals surface area contributed by atoms with E-state index in [2.05, 4.69) is 17.9 Å². The van der Waals surface area contributed by atoms with Gasteiger partial charge in [-0.2, -0.15) is 5.26 Å². The Labute approximate surface area is 125 Å². The summed E-state index contributed by atoms with van der Waals surface area (Å²) in [5, 5.41) is 8.75. The summed E-state index contributed by atoms with van der Waals surface area (Å²) in [5.74, 6) is 6.67. The Morgan fingerprint density at radius 1 is 1.14 bits per heavy atom. The summed E-state index contributed by atoms with van der Waals surface area (Å²) in [5.41, 5.74) is 9.07. The third-order valence-electron chi connectivity index (χ3n) is 3.01. The van der Waals surface area contributed by atoms with Crippen molar-refractivity contribution in [1.29, 1.82) is 5.26 Å². The fourth-order valence-electron chi connectivity index (χ4n) is 1.85. The van der Waals surface area contributed by atoms with E-state index in [9.17, 15) is 0 Å². The average molecular weight is 276 g/mol. The summed E-state index contributed by atoms with van der Waals surface area (Å²) in [6.45, 7) is 2.82. The molecule has 2 N–H and O–H groups in total. The Bertz CT molecular complexity index is 716. The number of aryl methyl sites for hydroxylation is 1. The van der Waals surface area contributed by atoms with Gasteiger partial charge < -0.3 is 10.5 Å². The van der Waals surface area contributed by atoms with Gasteiger partial charge in [-0.25, -0.2) is 0 Å². The zero-order valence-electron chi connectivity index (χ0n) is 11.9. The van der Waals surface area contributed by atoms with Gasteiger partial charge >= 0.3 is 0 Å². The monoisotopic (exact) mass is 276 g/mol. The van der Waals surface area contributed by atoms with Crippen molar-refractivity contribution in [1.82, 2.24) is 0 Å². The van der Waals surface area contributed by atoms with Gasteiger partial charge in [0, 0.05) is 5.56 Å². The maximum absolute atomic E-state index is 8.75. The predicted molar refractivity (Wildman–Crippen MR) is 82.6 cm³/mol.